The van der Waals surface area contributed by atoms with Crippen molar-refractivity contribution in [3.05, 3.63) is 95.0 Å². The number of anilines is 1. The number of carbonyl (C=O) groups excluding carboxylic acids is 2. The lowest BCUT2D eigenvalue weighted by atomic mass is 9.95. The molecule has 3 aromatic rings. The molecule has 4 rings (SSSR count). The molecular weight excluding hydrogens is 603 g/mol. The number of nitrogens with zero attached hydrogens (tertiary/aromatic N) is 2. The lowest BCUT2D eigenvalue weighted by Crippen LogP contribution is -2.53. The molecule has 1 N–H and O–H groups in total. The third-order valence-electron chi connectivity index (χ3n) is 7.49. The first-order chi connectivity index (χ1) is 20.4. The summed E-state index contributed by atoms with van der Waals surface area (Å²) in [6, 6.07) is 16.6. The van der Waals surface area contributed by atoms with E-state index in [1.165, 1.54) is 42.2 Å². The molecule has 1 saturated carbocycles. The van der Waals surface area contributed by atoms with Gasteiger partial charge in [-0.2, -0.15) is 13.2 Å². The SMILES string of the molecule is CC(C(=O)NC1CCCCC1)N(Cc1ccccc1Cl)C(=O)CN(c1cccc(C(F)(F)F)c1)S(=O)(=O)c1ccccc1. The molecule has 1 fully saturated rings. The average Bonchev–Trinajstić information content (AvgIpc) is 2.99. The summed E-state index contributed by atoms with van der Waals surface area (Å²) in [5.41, 5.74) is -0.894. The third-order valence-corrected chi connectivity index (χ3v) is 9.65. The van der Waals surface area contributed by atoms with E-state index in [-0.39, 0.29) is 23.2 Å². The van der Waals surface area contributed by atoms with Crippen molar-refractivity contribution in [2.24, 2.45) is 0 Å². The molecule has 0 radical (unpaired) electrons. The van der Waals surface area contributed by atoms with Crippen LogP contribution in [-0.4, -0.2) is 43.8 Å². The monoisotopic (exact) mass is 635 g/mol. The number of nitrogens with one attached hydrogen (secondary N) is 1. The maximum atomic E-state index is 14.0. The molecule has 2 amide bonds. The lowest BCUT2D eigenvalue weighted by Gasteiger charge is -2.33. The fraction of sp³-hybridized carbons (Fsp3) is 0.355. The summed E-state index contributed by atoms with van der Waals surface area (Å²) in [5.74, 6) is -1.20. The molecule has 0 saturated heterocycles. The van der Waals surface area contributed by atoms with Gasteiger partial charge in [0, 0.05) is 17.6 Å². The minimum Gasteiger partial charge on any atom is -0.352 e. The molecule has 230 valence electrons. The molecular formula is C31H33ClF3N3O4S. The van der Waals surface area contributed by atoms with Gasteiger partial charge in [0.2, 0.25) is 11.8 Å². The number of hydrogen-bond donors (Lipinski definition) is 1. The van der Waals surface area contributed by atoms with E-state index in [2.05, 4.69) is 5.32 Å². The van der Waals surface area contributed by atoms with Crippen molar-refractivity contribution in [3.8, 4) is 0 Å². The van der Waals surface area contributed by atoms with Gasteiger partial charge in [-0.3, -0.25) is 13.9 Å². The van der Waals surface area contributed by atoms with Crippen LogP contribution in [0.25, 0.3) is 0 Å². The number of sulfonamides is 1. The summed E-state index contributed by atoms with van der Waals surface area (Å²) in [5, 5.41) is 3.34. The van der Waals surface area contributed by atoms with Gasteiger partial charge in [0.25, 0.3) is 10.0 Å². The van der Waals surface area contributed by atoms with Crippen LogP contribution in [0, 0.1) is 0 Å². The van der Waals surface area contributed by atoms with Gasteiger partial charge in [-0.1, -0.05) is 73.3 Å². The summed E-state index contributed by atoms with van der Waals surface area (Å²) in [7, 11) is -4.50. The Kier molecular flexibility index (Phi) is 10.4. The van der Waals surface area contributed by atoms with Crippen LogP contribution in [0.2, 0.25) is 5.02 Å². The van der Waals surface area contributed by atoms with Gasteiger partial charge in [0.1, 0.15) is 12.6 Å². The topological polar surface area (TPSA) is 86.8 Å². The van der Waals surface area contributed by atoms with E-state index < -0.39 is 46.2 Å². The Morgan fingerprint density at radius 3 is 2.26 bits per heavy atom. The number of alkyl halides is 3. The number of hydrogen-bond acceptors (Lipinski definition) is 4. The Morgan fingerprint density at radius 1 is 0.953 bits per heavy atom. The highest BCUT2D eigenvalue weighted by molar-refractivity contribution is 7.92. The number of benzene rings is 3. The lowest BCUT2D eigenvalue weighted by molar-refractivity contribution is -0.139. The zero-order chi connectivity index (χ0) is 31.2. The van der Waals surface area contributed by atoms with Crippen molar-refractivity contribution in [1.29, 1.82) is 0 Å². The van der Waals surface area contributed by atoms with Gasteiger partial charge in [-0.15, -0.1) is 0 Å². The van der Waals surface area contributed by atoms with Crippen LogP contribution in [0.5, 0.6) is 0 Å². The predicted molar refractivity (Wildman–Crippen MR) is 159 cm³/mol. The van der Waals surface area contributed by atoms with E-state index >= 15 is 0 Å². The second-order valence-corrected chi connectivity index (χ2v) is 12.8. The second kappa shape index (κ2) is 13.8. The van der Waals surface area contributed by atoms with Gasteiger partial charge in [-0.05, 0) is 61.7 Å². The maximum Gasteiger partial charge on any atom is 0.416 e. The molecule has 1 aliphatic carbocycles. The maximum absolute atomic E-state index is 14.0. The van der Waals surface area contributed by atoms with Crippen molar-refractivity contribution >= 4 is 39.1 Å². The molecule has 0 spiro atoms. The molecule has 0 aliphatic heterocycles. The van der Waals surface area contributed by atoms with Gasteiger partial charge >= 0.3 is 6.18 Å². The van der Waals surface area contributed by atoms with E-state index in [1.807, 2.05) is 0 Å². The van der Waals surface area contributed by atoms with E-state index in [0.717, 1.165) is 44.2 Å². The van der Waals surface area contributed by atoms with Gasteiger partial charge in [-0.25, -0.2) is 8.42 Å². The summed E-state index contributed by atoms with van der Waals surface area (Å²) in [6.45, 7) is 0.552. The molecule has 1 unspecified atom stereocenters. The average molecular weight is 636 g/mol. The first-order valence-electron chi connectivity index (χ1n) is 14.0. The summed E-state index contributed by atoms with van der Waals surface area (Å²) in [6.07, 6.45) is -0.0782. The Morgan fingerprint density at radius 2 is 1.60 bits per heavy atom. The van der Waals surface area contributed by atoms with E-state index in [0.29, 0.717) is 21.0 Å². The third kappa shape index (κ3) is 8.08. The Hall–Kier alpha value is -3.57. The molecule has 3 aromatic carbocycles. The van der Waals surface area contributed by atoms with Crippen molar-refractivity contribution in [2.75, 3.05) is 10.8 Å². The minimum absolute atomic E-state index is 0.0407. The zero-order valence-electron chi connectivity index (χ0n) is 23.6. The van der Waals surface area contributed by atoms with Gasteiger partial charge in [0.05, 0.1) is 16.1 Å². The molecule has 43 heavy (non-hydrogen) atoms. The highest BCUT2D eigenvalue weighted by atomic mass is 35.5. The Bertz CT molecular complexity index is 1530. The van der Waals surface area contributed by atoms with E-state index in [1.54, 1.807) is 30.3 Å². The molecule has 7 nitrogen and oxygen atoms in total. The molecule has 1 atom stereocenters. The quantitative estimate of drug-likeness (QED) is 0.279. The molecule has 0 aromatic heterocycles. The molecule has 0 bridgehead atoms. The summed E-state index contributed by atoms with van der Waals surface area (Å²) >= 11 is 6.38. The number of halogens is 4. The fourth-order valence-electron chi connectivity index (χ4n) is 5.05. The summed E-state index contributed by atoms with van der Waals surface area (Å²) < 4.78 is 69.1. The van der Waals surface area contributed by atoms with Crippen molar-refractivity contribution in [1.82, 2.24) is 10.2 Å². The normalized spacial score (nSPS) is 15.0. The smallest absolute Gasteiger partial charge is 0.352 e. The van der Waals surface area contributed by atoms with E-state index in [9.17, 15) is 31.2 Å². The van der Waals surface area contributed by atoms with Crippen LogP contribution in [0.3, 0.4) is 0 Å². The van der Waals surface area contributed by atoms with Crippen molar-refractivity contribution < 1.29 is 31.2 Å². The van der Waals surface area contributed by atoms with Crippen molar-refractivity contribution in [2.45, 2.75) is 68.7 Å². The van der Waals surface area contributed by atoms with E-state index in [4.69, 9.17) is 11.6 Å². The van der Waals surface area contributed by atoms with Crippen LogP contribution in [-0.2, 0) is 32.3 Å². The second-order valence-electron chi connectivity index (χ2n) is 10.5. The highest BCUT2D eigenvalue weighted by Gasteiger charge is 2.35. The number of rotatable bonds is 10. The van der Waals surface area contributed by atoms with Gasteiger partial charge in [0.15, 0.2) is 0 Å². The number of amides is 2. The fourth-order valence-corrected chi connectivity index (χ4v) is 6.67. The largest absolute Gasteiger partial charge is 0.416 e. The first-order valence-corrected chi connectivity index (χ1v) is 15.8. The number of carbonyl (C=O) groups is 2. The zero-order valence-corrected chi connectivity index (χ0v) is 25.1. The van der Waals surface area contributed by atoms with Crippen molar-refractivity contribution in [3.63, 3.8) is 0 Å². The summed E-state index contributed by atoms with van der Waals surface area (Å²) in [4.78, 5) is 28.4. The van der Waals surface area contributed by atoms with Crippen LogP contribution in [0.1, 0.15) is 50.2 Å². The predicted octanol–water partition coefficient (Wildman–Crippen LogP) is 6.42. The minimum atomic E-state index is -4.75. The Balaban J connectivity index is 1.72. The van der Waals surface area contributed by atoms with Crippen LogP contribution >= 0.6 is 11.6 Å². The van der Waals surface area contributed by atoms with Crippen LogP contribution < -0.4 is 9.62 Å². The molecule has 0 heterocycles. The van der Waals surface area contributed by atoms with Crippen LogP contribution in [0.4, 0.5) is 18.9 Å². The molecule has 12 heteroatoms. The Labute approximate surface area is 254 Å². The van der Waals surface area contributed by atoms with Crippen LogP contribution in [0.15, 0.2) is 83.8 Å². The first kappa shape index (κ1) is 32.3. The molecule has 1 aliphatic rings. The standard InChI is InChI=1S/C31H33ClF3N3O4S/c1-22(30(40)36-25-13-4-2-5-14-25)37(20-23-11-8-9-18-28(23)32)29(39)21-38(43(41,42)27-16-6-3-7-17-27)26-15-10-12-24(19-26)31(33,34)35/h3,6-12,15-19,22,25H,2,4-5,13-14,20-21H2,1H3,(H,36,40). The highest BCUT2D eigenvalue weighted by Crippen LogP contribution is 2.33. The van der Waals surface area contributed by atoms with Gasteiger partial charge < -0.3 is 10.2 Å².